The van der Waals surface area contributed by atoms with Crippen molar-refractivity contribution in [1.82, 2.24) is 14.7 Å². The fraction of sp³-hybridized carbons (Fsp3) is 0.487. The zero-order valence-corrected chi connectivity index (χ0v) is 32.6. The molecule has 2 aliphatic rings. The molecule has 0 radical (unpaired) electrons. The van der Waals surface area contributed by atoms with Gasteiger partial charge in [-0.3, -0.25) is 14.8 Å². The number of halogens is 2. The molecule has 5 rings (SSSR count). The van der Waals surface area contributed by atoms with Gasteiger partial charge in [0.1, 0.15) is 32.5 Å². The highest BCUT2D eigenvalue weighted by Crippen LogP contribution is 2.54. The number of amides is 2. The summed E-state index contributed by atoms with van der Waals surface area (Å²) in [6.07, 6.45) is 0.575. The van der Waals surface area contributed by atoms with Crippen LogP contribution in [0.2, 0.25) is 10.0 Å². The number of urea groups is 1. The topological polar surface area (TPSA) is 82.5 Å². The van der Waals surface area contributed by atoms with Crippen LogP contribution in [0.1, 0.15) is 77.1 Å². The molecule has 2 amide bonds. The number of rotatable bonds is 10. The van der Waals surface area contributed by atoms with Gasteiger partial charge >= 0.3 is 6.03 Å². The lowest BCUT2D eigenvalue weighted by Gasteiger charge is -2.47. The van der Waals surface area contributed by atoms with Crippen molar-refractivity contribution in [2.45, 2.75) is 71.4 Å². The van der Waals surface area contributed by atoms with Crippen molar-refractivity contribution in [3.05, 3.63) is 99.0 Å². The van der Waals surface area contributed by atoms with Gasteiger partial charge in [0.2, 0.25) is 0 Å². The second kappa shape index (κ2) is 14.9. The molecule has 50 heavy (non-hydrogen) atoms. The van der Waals surface area contributed by atoms with E-state index in [0.717, 1.165) is 22.3 Å². The number of hydrogen-bond donors (Lipinski definition) is 0. The predicted octanol–water partition coefficient (Wildman–Crippen LogP) is 8.15. The predicted molar refractivity (Wildman–Crippen MR) is 205 cm³/mol. The third-order valence-electron chi connectivity index (χ3n) is 10.3. The second-order valence-corrected chi connectivity index (χ2v) is 17.9. The van der Waals surface area contributed by atoms with Crippen LogP contribution in [-0.2, 0) is 26.3 Å². The van der Waals surface area contributed by atoms with Gasteiger partial charge in [0, 0.05) is 42.0 Å². The van der Waals surface area contributed by atoms with Crippen LogP contribution in [-0.4, -0.2) is 85.8 Å². The molecule has 3 aromatic rings. The fourth-order valence-corrected chi connectivity index (χ4v) is 8.08. The summed E-state index contributed by atoms with van der Waals surface area (Å²) in [5, 5.41) is 1.21. The standard InChI is InChI=1S/C39H50Cl2N4O4S/c1-8-49-34-27-30(37(3,4)5)15-20-33(34)35-42-38(6,28-11-16-31(40)17-12-28)39(7,29-13-18-32(41)19-14-29)45(35)36(46)44-24-22-43(23-25-44)21-10-26-50(47,48)9-2/h11-20,27H,8-10,21-26H2,1-7H3/t38-,39+/m0/s1. The number of nitrogens with zero attached hydrogens (tertiary/aromatic N) is 4. The van der Waals surface area contributed by atoms with Crippen LogP contribution in [0.25, 0.3) is 0 Å². The molecule has 3 aromatic carbocycles. The lowest BCUT2D eigenvalue weighted by Crippen LogP contribution is -2.60. The highest BCUT2D eigenvalue weighted by molar-refractivity contribution is 7.91. The molecular formula is C39H50Cl2N4O4S. The van der Waals surface area contributed by atoms with Crippen LogP contribution in [0, 0.1) is 0 Å². The number of aliphatic imine (C=N–C) groups is 1. The van der Waals surface area contributed by atoms with E-state index in [4.69, 9.17) is 32.9 Å². The number of benzene rings is 3. The Morgan fingerprint density at radius 2 is 1.46 bits per heavy atom. The summed E-state index contributed by atoms with van der Waals surface area (Å²) in [5.41, 5.74) is 1.57. The van der Waals surface area contributed by atoms with Crippen molar-refractivity contribution in [3.63, 3.8) is 0 Å². The lowest BCUT2D eigenvalue weighted by molar-refractivity contribution is 0.0868. The number of piperazine rings is 1. The van der Waals surface area contributed by atoms with Crippen LogP contribution in [0.4, 0.5) is 4.79 Å². The number of hydrogen-bond acceptors (Lipinski definition) is 6. The highest BCUT2D eigenvalue weighted by atomic mass is 35.5. The van der Waals surface area contributed by atoms with Crippen LogP contribution in [0.5, 0.6) is 5.75 Å². The Morgan fingerprint density at radius 1 is 0.880 bits per heavy atom. The van der Waals surface area contributed by atoms with Crippen molar-refractivity contribution >= 4 is 44.9 Å². The van der Waals surface area contributed by atoms with Gasteiger partial charge in [-0.25, -0.2) is 13.2 Å². The maximum atomic E-state index is 15.2. The molecule has 0 saturated carbocycles. The third kappa shape index (κ3) is 7.57. The summed E-state index contributed by atoms with van der Waals surface area (Å²) < 4.78 is 30.4. The van der Waals surface area contributed by atoms with Crippen molar-refractivity contribution < 1.29 is 17.9 Å². The van der Waals surface area contributed by atoms with Gasteiger partial charge in [0.25, 0.3) is 0 Å². The number of ether oxygens (including phenoxy) is 1. The van der Waals surface area contributed by atoms with Crippen molar-refractivity contribution in [2.24, 2.45) is 4.99 Å². The van der Waals surface area contributed by atoms with E-state index in [-0.39, 0.29) is 23.0 Å². The second-order valence-electron chi connectivity index (χ2n) is 14.5. The van der Waals surface area contributed by atoms with E-state index < -0.39 is 20.9 Å². The Labute approximate surface area is 308 Å². The molecule has 0 aliphatic carbocycles. The molecule has 1 fully saturated rings. The van der Waals surface area contributed by atoms with Crippen LogP contribution in [0.15, 0.2) is 71.7 Å². The Morgan fingerprint density at radius 3 is 2.00 bits per heavy atom. The smallest absolute Gasteiger partial charge is 0.326 e. The average molecular weight is 742 g/mol. The zero-order valence-electron chi connectivity index (χ0n) is 30.3. The Balaban J connectivity index is 1.62. The molecule has 1 saturated heterocycles. The van der Waals surface area contributed by atoms with Crippen molar-refractivity contribution in [2.75, 3.05) is 50.8 Å². The zero-order chi connectivity index (χ0) is 36.5. The molecule has 2 aliphatic heterocycles. The molecule has 0 spiro atoms. The van der Waals surface area contributed by atoms with Crippen molar-refractivity contribution in [3.8, 4) is 5.75 Å². The summed E-state index contributed by atoms with van der Waals surface area (Å²) >= 11 is 12.8. The lowest BCUT2D eigenvalue weighted by atomic mass is 9.71. The van der Waals surface area contributed by atoms with E-state index in [2.05, 4.69) is 51.7 Å². The molecule has 0 unspecified atom stereocenters. The largest absolute Gasteiger partial charge is 0.493 e. The number of carbonyl (C=O) groups excluding carboxylic acids is 1. The maximum absolute atomic E-state index is 15.2. The van der Waals surface area contributed by atoms with Gasteiger partial charge < -0.3 is 9.64 Å². The Kier molecular flexibility index (Phi) is 11.3. The number of sulfone groups is 1. The number of carbonyl (C=O) groups is 1. The minimum absolute atomic E-state index is 0.118. The molecule has 0 bridgehead atoms. The van der Waals surface area contributed by atoms with Gasteiger partial charge in [0.05, 0.1) is 17.9 Å². The average Bonchev–Trinajstić information content (AvgIpc) is 3.32. The summed E-state index contributed by atoms with van der Waals surface area (Å²) in [6.45, 7) is 17.7. The molecular weight excluding hydrogens is 691 g/mol. The van der Waals surface area contributed by atoms with Gasteiger partial charge in [-0.2, -0.15) is 0 Å². The van der Waals surface area contributed by atoms with Crippen LogP contribution >= 0.6 is 23.2 Å². The minimum Gasteiger partial charge on any atom is -0.493 e. The first kappa shape index (κ1) is 38.1. The van der Waals surface area contributed by atoms with E-state index in [0.29, 0.717) is 67.4 Å². The molecule has 0 N–H and O–H groups in total. The number of amidine groups is 1. The quantitative estimate of drug-likeness (QED) is 0.210. The first-order valence-corrected chi connectivity index (χ1v) is 20.0. The molecule has 2 heterocycles. The molecule has 270 valence electrons. The first-order valence-electron chi connectivity index (χ1n) is 17.5. The van der Waals surface area contributed by atoms with E-state index in [1.807, 2.05) is 71.3 Å². The van der Waals surface area contributed by atoms with E-state index in [1.165, 1.54) is 0 Å². The normalized spacial score (nSPS) is 21.7. The Hall–Kier alpha value is -3.11. The maximum Gasteiger partial charge on any atom is 0.326 e. The molecule has 11 heteroatoms. The summed E-state index contributed by atoms with van der Waals surface area (Å²) in [6, 6.07) is 21.4. The molecule has 8 nitrogen and oxygen atoms in total. The van der Waals surface area contributed by atoms with E-state index >= 15 is 4.79 Å². The minimum atomic E-state index is -3.02. The van der Waals surface area contributed by atoms with E-state index in [9.17, 15) is 8.42 Å². The first-order chi connectivity index (χ1) is 23.5. The fourth-order valence-electron chi connectivity index (χ4n) is 6.97. The van der Waals surface area contributed by atoms with Crippen LogP contribution in [0.3, 0.4) is 0 Å². The van der Waals surface area contributed by atoms with Crippen LogP contribution < -0.4 is 4.74 Å². The molecule has 2 atom stereocenters. The Bertz CT molecular complexity index is 1820. The highest BCUT2D eigenvalue weighted by Gasteiger charge is 2.60. The summed E-state index contributed by atoms with van der Waals surface area (Å²) in [5.74, 6) is 1.53. The van der Waals surface area contributed by atoms with Gasteiger partial charge in [0.15, 0.2) is 0 Å². The summed E-state index contributed by atoms with van der Waals surface area (Å²) in [4.78, 5) is 26.7. The SMILES string of the molecule is CCOc1cc(C(C)(C)C)ccc1C1=N[C@@](C)(c2ccc(Cl)cc2)[C@@](C)(c2ccc(Cl)cc2)N1C(=O)N1CCN(CCCS(=O)(=O)CC)CC1. The van der Waals surface area contributed by atoms with Crippen molar-refractivity contribution in [1.29, 1.82) is 0 Å². The molecule has 0 aromatic heterocycles. The van der Waals surface area contributed by atoms with Gasteiger partial charge in [-0.05, 0) is 92.2 Å². The monoisotopic (exact) mass is 740 g/mol. The van der Waals surface area contributed by atoms with Gasteiger partial charge in [-0.15, -0.1) is 0 Å². The third-order valence-corrected chi connectivity index (χ3v) is 12.6. The van der Waals surface area contributed by atoms with E-state index in [1.54, 1.807) is 6.92 Å². The van der Waals surface area contributed by atoms with Gasteiger partial charge in [-0.1, -0.05) is 81.2 Å². The summed E-state index contributed by atoms with van der Waals surface area (Å²) in [7, 11) is -3.02.